The Morgan fingerprint density at radius 1 is 1.36 bits per heavy atom. The zero-order valence-corrected chi connectivity index (χ0v) is 7.93. The first-order valence-corrected chi connectivity index (χ1v) is 3.20. The summed E-state index contributed by atoms with van der Waals surface area (Å²) in [7, 11) is -4.57. The fourth-order valence-corrected chi connectivity index (χ4v) is 0.502. The van der Waals surface area contributed by atoms with Crippen LogP contribution >= 0.6 is 7.82 Å². The smallest absolute Gasteiger partial charge is 0.371 e. The van der Waals surface area contributed by atoms with Crippen LogP contribution in [0.4, 0.5) is 0 Å². The number of rotatable bonds is 1. The Morgan fingerprint density at radius 3 is 1.64 bits per heavy atom. The molecule has 0 heterocycles. The van der Waals surface area contributed by atoms with E-state index in [-0.39, 0.29) is 29.4 Å². The third-order valence-corrected chi connectivity index (χ3v) is 0.742. The normalized spacial score (nSPS) is 7.91. The molecule has 1 radical (unpaired) electrons. The quantitative estimate of drug-likeness (QED) is 0.363. The predicted molar refractivity (Wildman–Crippen MR) is 33.9 cm³/mol. The molecule has 0 fully saturated rings. The van der Waals surface area contributed by atoms with Gasteiger partial charge in [0, 0.05) is 24.0 Å². The fraction of sp³-hybridized carbons (Fsp3) is 0.500. The summed E-state index contributed by atoms with van der Waals surface area (Å²) in [5.74, 6) is -0.988. The molecule has 0 spiro atoms. The van der Waals surface area contributed by atoms with Gasteiger partial charge in [-0.15, -0.1) is 0 Å². The third-order valence-electron chi connectivity index (χ3n) is 0.247. The minimum Gasteiger partial charge on any atom is -0.371 e. The third kappa shape index (κ3) is 25.5. The number of carbonyl (C=O) groups excluding carboxylic acids is 1. The molecule has 11 heavy (non-hydrogen) atoms. The molecule has 7 nitrogen and oxygen atoms in total. The van der Waals surface area contributed by atoms with E-state index < -0.39 is 13.8 Å². The minimum absolute atomic E-state index is 0. The summed E-state index contributed by atoms with van der Waals surface area (Å²) >= 11 is 0. The molecule has 0 aromatic heterocycles. The van der Waals surface area contributed by atoms with Gasteiger partial charge in [-0.1, -0.05) is 0 Å². The van der Waals surface area contributed by atoms with Crippen molar-refractivity contribution in [3.63, 3.8) is 0 Å². The molecule has 71 valence electrons. The molecule has 8 N–H and O–H groups in total. The zero-order valence-electron chi connectivity index (χ0n) is 5.86. The summed E-state index contributed by atoms with van der Waals surface area (Å²) in [5.41, 5.74) is 0. The fourth-order valence-electron chi connectivity index (χ4n) is 0.167. The van der Waals surface area contributed by atoms with Crippen LogP contribution in [0.2, 0.25) is 0 Å². The minimum atomic E-state index is -4.57. The van der Waals surface area contributed by atoms with E-state index in [2.05, 4.69) is 4.52 Å². The number of hydrogen-bond acceptors (Lipinski definition) is 5. The molecule has 0 amide bonds. The van der Waals surface area contributed by atoms with E-state index in [9.17, 15) is 9.36 Å². The van der Waals surface area contributed by atoms with Crippen molar-refractivity contribution in [2.24, 2.45) is 0 Å². The molecular formula is C2H11MnN2O5P. The van der Waals surface area contributed by atoms with Crippen LogP contribution in [0.15, 0.2) is 0 Å². The van der Waals surface area contributed by atoms with Gasteiger partial charge in [0.1, 0.15) is 0 Å². The maximum atomic E-state index is 9.74. The van der Waals surface area contributed by atoms with Crippen LogP contribution in [-0.4, -0.2) is 15.8 Å². The molecular weight excluding hydrogens is 218 g/mol. The van der Waals surface area contributed by atoms with Crippen LogP contribution in [0.25, 0.3) is 0 Å². The maximum absolute atomic E-state index is 9.74. The van der Waals surface area contributed by atoms with Crippen molar-refractivity contribution in [3.05, 3.63) is 0 Å². The molecule has 0 atom stereocenters. The molecule has 9 heteroatoms. The maximum Gasteiger partial charge on any atom is 0.526 e. The summed E-state index contributed by atoms with van der Waals surface area (Å²) in [5, 5.41) is 0. The van der Waals surface area contributed by atoms with Gasteiger partial charge in [-0.05, 0) is 0 Å². The summed E-state index contributed by atoms with van der Waals surface area (Å²) in [4.78, 5) is 25.5. The van der Waals surface area contributed by atoms with Gasteiger partial charge in [0.2, 0.25) is 0 Å². The molecule has 0 aliphatic rings. The van der Waals surface area contributed by atoms with Gasteiger partial charge in [0.05, 0.1) is 0 Å². The topological polar surface area (TPSA) is 154 Å². The average Bonchev–Trinajstić information content (AvgIpc) is 1.21. The van der Waals surface area contributed by atoms with Crippen molar-refractivity contribution >= 4 is 13.8 Å². The summed E-state index contributed by atoms with van der Waals surface area (Å²) in [6.45, 7) is 0.916. The number of carbonyl (C=O) groups is 1. The van der Waals surface area contributed by atoms with Crippen LogP contribution in [0.1, 0.15) is 6.92 Å². The van der Waals surface area contributed by atoms with E-state index >= 15 is 0 Å². The monoisotopic (exact) mass is 229 g/mol. The van der Waals surface area contributed by atoms with E-state index in [4.69, 9.17) is 9.79 Å². The van der Waals surface area contributed by atoms with Gasteiger partial charge in [0.15, 0.2) is 0 Å². The first kappa shape index (κ1) is 22.5. The number of hydrogen-bond donors (Lipinski definition) is 4. The first-order chi connectivity index (χ1) is 3.42. The van der Waals surface area contributed by atoms with Crippen molar-refractivity contribution in [2.45, 2.75) is 6.92 Å². The molecule has 0 saturated carbocycles. The van der Waals surface area contributed by atoms with E-state index in [1.54, 1.807) is 0 Å². The number of phosphoric ester groups is 1. The summed E-state index contributed by atoms with van der Waals surface area (Å²) in [6.07, 6.45) is 0. The van der Waals surface area contributed by atoms with Crippen molar-refractivity contribution < 1.29 is 40.7 Å². The van der Waals surface area contributed by atoms with Crippen molar-refractivity contribution in [1.82, 2.24) is 12.3 Å². The Kier molecular flexibility index (Phi) is 16.7. The first-order valence-electron chi connectivity index (χ1n) is 1.67. The molecule has 0 aliphatic heterocycles. The molecule has 0 aromatic carbocycles. The van der Waals surface area contributed by atoms with Gasteiger partial charge in [-0.3, -0.25) is 14.6 Å². The summed E-state index contributed by atoms with van der Waals surface area (Å²) in [6, 6.07) is 0. The largest absolute Gasteiger partial charge is 0.526 e. The molecule has 0 aliphatic carbocycles. The molecule has 0 unspecified atom stereocenters. The van der Waals surface area contributed by atoms with Gasteiger partial charge in [0.25, 0.3) is 0 Å². The Bertz CT molecular complexity index is 145. The van der Waals surface area contributed by atoms with E-state index in [0.29, 0.717) is 0 Å². The Hall–Kier alpha value is 0.0595. The van der Waals surface area contributed by atoms with Crippen molar-refractivity contribution in [2.75, 3.05) is 0 Å². The van der Waals surface area contributed by atoms with E-state index in [0.717, 1.165) is 6.92 Å². The van der Waals surface area contributed by atoms with Crippen LogP contribution in [0.3, 0.4) is 0 Å². The SMILES string of the molecule is CC(=O)OP(=O)(O)O.N.N.[Mn]. The molecule has 0 saturated heterocycles. The second kappa shape index (κ2) is 8.16. The van der Waals surface area contributed by atoms with Crippen LogP contribution in [-0.2, 0) is 31.0 Å². The molecule has 0 bridgehead atoms. The second-order valence-corrected chi connectivity index (χ2v) is 2.24. The predicted octanol–water partition coefficient (Wildman–Crippen LogP) is -0.0363. The van der Waals surface area contributed by atoms with Gasteiger partial charge < -0.3 is 16.8 Å². The molecule has 0 rings (SSSR count). The summed E-state index contributed by atoms with van der Waals surface area (Å²) < 4.78 is 13.2. The Balaban J connectivity index is -0.0000000817. The van der Waals surface area contributed by atoms with Crippen molar-refractivity contribution in [3.8, 4) is 0 Å². The van der Waals surface area contributed by atoms with Crippen LogP contribution in [0.5, 0.6) is 0 Å². The Labute approximate surface area is 74.4 Å². The zero-order chi connectivity index (χ0) is 6.78. The van der Waals surface area contributed by atoms with Crippen LogP contribution < -0.4 is 12.3 Å². The van der Waals surface area contributed by atoms with Gasteiger partial charge >= 0.3 is 13.8 Å². The van der Waals surface area contributed by atoms with Gasteiger partial charge in [-0.2, -0.15) is 0 Å². The number of phosphoric acid groups is 1. The molecule has 0 aromatic rings. The average molecular weight is 229 g/mol. The standard InChI is InChI=1S/C2H5O5P.Mn.2H3N/c1-2(3)7-8(4,5)6;;;/h1H3,(H2,4,5,6);;2*1H3. The van der Waals surface area contributed by atoms with E-state index in [1.807, 2.05) is 0 Å². The Morgan fingerprint density at radius 2 is 1.64 bits per heavy atom. The van der Waals surface area contributed by atoms with Crippen molar-refractivity contribution in [1.29, 1.82) is 0 Å². The second-order valence-electron chi connectivity index (χ2n) is 1.07. The van der Waals surface area contributed by atoms with E-state index in [1.165, 1.54) is 0 Å². The van der Waals surface area contributed by atoms with Crippen LogP contribution in [0, 0.1) is 0 Å². The van der Waals surface area contributed by atoms with Gasteiger partial charge in [-0.25, -0.2) is 4.57 Å².